The number of hydrogen-bond donors (Lipinski definition) is 0. The maximum atomic E-state index is 11.7. The van der Waals surface area contributed by atoms with E-state index in [0.29, 0.717) is 5.78 Å². The smallest absolute Gasteiger partial charge is 0.167 e. The van der Waals surface area contributed by atoms with E-state index in [2.05, 4.69) is 0 Å². The molecule has 2 aliphatic carbocycles. The summed E-state index contributed by atoms with van der Waals surface area (Å²) in [6.45, 7) is 0. The number of Topliss-reactive ketones (excluding diaryl/α,β-unsaturated/α-hetero) is 1. The Balaban J connectivity index is 1.97. The fourth-order valence-corrected chi connectivity index (χ4v) is 3.19. The van der Waals surface area contributed by atoms with E-state index in [0.717, 1.165) is 32.1 Å². The number of epoxide rings is 1. The second kappa shape index (κ2) is 1.92. The first-order valence-electron chi connectivity index (χ1n) is 5.03. The van der Waals surface area contributed by atoms with Gasteiger partial charge in [-0.25, -0.2) is 0 Å². The lowest BCUT2D eigenvalue weighted by Gasteiger charge is -2.27. The van der Waals surface area contributed by atoms with E-state index in [1.807, 2.05) is 0 Å². The van der Waals surface area contributed by atoms with Gasteiger partial charge < -0.3 is 4.74 Å². The minimum atomic E-state index is -0.260. The van der Waals surface area contributed by atoms with Gasteiger partial charge in [0.1, 0.15) is 5.60 Å². The van der Waals surface area contributed by atoms with Crippen molar-refractivity contribution in [2.45, 2.75) is 56.1 Å². The average molecular weight is 166 g/mol. The molecule has 2 heteroatoms. The fraction of sp³-hybridized carbons (Fsp3) is 0.900. The molecule has 0 aromatic carbocycles. The van der Waals surface area contributed by atoms with Crippen molar-refractivity contribution in [3.8, 4) is 0 Å². The molecule has 3 fully saturated rings. The zero-order chi connectivity index (χ0) is 8.23. The molecular weight excluding hydrogens is 152 g/mol. The van der Waals surface area contributed by atoms with Crippen molar-refractivity contribution in [3.63, 3.8) is 0 Å². The lowest BCUT2D eigenvalue weighted by Crippen LogP contribution is -2.40. The van der Waals surface area contributed by atoms with Crippen molar-refractivity contribution >= 4 is 5.78 Å². The molecule has 0 amide bonds. The van der Waals surface area contributed by atoms with E-state index in [1.54, 1.807) is 0 Å². The second-order valence-electron chi connectivity index (χ2n) is 4.41. The van der Waals surface area contributed by atoms with E-state index in [-0.39, 0.29) is 11.2 Å². The van der Waals surface area contributed by atoms with Crippen LogP contribution in [0.5, 0.6) is 0 Å². The van der Waals surface area contributed by atoms with Gasteiger partial charge in [-0.15, -0.1) is 0 Å². The molecule has 0 N–H and O–H groups in total. The van der Waals surface area contributed by atoms with Crippen LogP contribution >= 0.6 is 0 Å². The molecular formula is C10H14O2. The van der Waals surface area contributed by atoms with Crippen LogP contribution in [0.4, 0.5) is 0 Å². The van der Waals surface area contributed by atoms with Crippen LogP contribution in [0.2, 0.25) is 0 Å². The molecule has 0 spiro atoms. The third kappa shape index (κ3) is 0.598. The first-order chi connectivity index (χ1) is 5.79. The molecule has 66 valence electrons. The molecule has 3 rings (SSSR count). The van der Waals surface area contributed by atoms with E-state index < -0.39 is 0 Å². The average Bonchev–Trinajstić information content (AvgIpc) is 2.75. The Labute approximate surface area is 72.3 Å². The predicted molar refractivity (Wildman–Crippen MR) is 43.9 cm³/mol. The monoisotopic (exact) mass is 166 g/mol. The third-order valence-electron chi connectivity index (χ3n) is 3.86. The summed E-state index contributed by atoms with van der Waals surface area (Å²) in [5.41, 5.74) is -0.218. The predicted octanol–water partition coefficient (Wildman–Crippen LogP) is 1.82. The fourth-order valence-electron chi connectivity index (χ4n) is 3.19. The van der Waals surface area contributed by atoms with Crippen LogP contribution in [0.15, 0.2) is 0 Å². The van der Waals surface area contributed by atoms with Gasteiger partial charge in [-0.2, -0.15) is 0 Å². The summed E-state index contributed by atoms with van der Waals surface area (Å²) in [5.74, 6) is 0.397. The van der Waals surface area contributed by atoms with E-state index in [1.165, 1.54) is 12.8 Å². The molecule has 2 atom stereocenters. The van der Waals surface area contributed by atoms with Crippen LogP contribution in [0.1, 0.15) is 44.9 Å². The molecule has 0 aromatic rings. The standard InChI is InChI=1S/C10H14O2/c11-8-4-3-6-9-5-1-2-7-10(8,9)12-9/h1-7H2/t9-,10+/m1/s1. The Kier molecular flexibility index (Phi) is 1.13. The van der Waals surface area contributed by atoms with E-state index in [9.17, 15) is 4.79 Å². The van der Waals surface area contributed by atoms with Gasteiger partial charge in [-0.05, 0) is 32.1 Å². The van der Waals surface area contributed by atoms with Gasteiger partial charge in [0.15, 0.2) is 11.4 Å². The summed E-state index contributed by atoms with van der Waals surface area (Å²) in [6, 6.07) is 0. The molecule has 1 heterocycles. The molecule has 12 heavy (non-hydrogen) atoms. The molecule has 2 saturated carbocycles. The Bertz CT molecular complexity index is 244. The summed E-state index contributed by atoms with van der Waals surface area (Å²) in [4.78, 5) is 11.7. The number of rotatable bonds is 0. The second-order valence-corrected chi connectivity index (χ2v) is 4.41. The normalized spacial score (nSPS) is 51.2. The number of hydrogen-bond acceptors (Lipinski definition) is 2. The number of ketones is 1. The molecule has 0 radical (unpaired) electrons. The van der Waals surface area contributed by atoms with Gasteiger partial charge in [0.25, 0.3) is 0 Å². The highest BCUT2D eigenvalue weighted by Crippen LogP contribution is 2.63. The van der Waals surface area contributed by atoms with E-state index >= 15 is 0 Å². The maximum absolute atomic E-state index is 11.7. The van der Waals surface area contributed by atoms with Crippen LogP contribution in [0, 0.1) is 0 Å². The first kappa shape index (κ1) is 7.07. The van der Waals surface area contributed by atoms with Crippen LogP contribution in [-0.2, 0) is 9.53 Å². The summed E-state index contributed by atoms with van der Waals surface area (Å²) >= 11 is 0. The number of ether oxygens (including phenoxy) is 1. The topological polar surface area (TPSA) is 29.6 Å². The lowest BCUT2D eigenvalue weighted by atomic mass is 9.70. The van der Waals surface area contributed by atoms with Crippen LogP contribution in [0.3, 0.4) is 0 Å². The molecule has 1 saturated heterocycles. The summed E-state index contributed by atoms with van der Waals surface area (Å²) < 4.78 is 5.78. The van der Waals surface area contributed by atoms with Gasteiger partial charge in [0.05, 0.1) is 0 Å². The Morgan fingerprint density at radius 1 is 1.08 bits per heavy atom. The number of carbonyl (C=O) groups is 1. The lowest BCUT2D eigenvalue weighted by molar-refractivity contribution is -0.125. The maximum Gasteiger partial charge on any atom is 0.167 e. The van der Waals surface area contributed by atoms with Crippen LogP contribution in [0.25, 0.3) is 0 Å². The molecule has 1 aliphatic heterocycles. The Morgan fingerprint density at radius 2 is 1.83 bits per heavy atom. The highest BCUT2D eigenvalue weighted by molar-refractivity contribution is 5.93. The van der Waals surface area contributed by atoms with Gasteiger partial charge in [0, 0.05) is 6.42 Å². The highest BCUT2D eigenvalue weighted by Gasteiger charge is 2.74. The van der Waals surface area contributed by atoms with Crippen molar-refractivity contribution in [3.05, 3.63) is 0 Å². The van der Waals surface area contributed by atoms with Crippen LogP contribution in [-0.4, -0.2) is 17.0 Å². The van der Waals surface area contributed by atoms with Gasteiger partial charge in [0.2, 0.25) is 0 Å². The SMILES string of the molecule is O=C1CCC[C@]23CCCC[C@]12O3. The van der Waals surface area contributed by atoms with Crippen molar-refractivity contribution in [1.29, 1.82) is 0 Å². The number of carbonyl (C=O) groups excluding carboxylic acids is 1. The van der Waals surface area contributed by atoms with Gasteiger partial charge in [-0.1, -0.05) is 6.42 Å². The summed E-state index contributed by atoms with van der Waals surface area (Å²) in [6.07, 6.45) is 7.55. The van der Waals surface area contributed by atoms with Crippen LogP contribution < -0.4 is 0 Å². The zero-order valence-electron chi connectivity index (χ0n) is 7.27. The molecule has 0 aromatic heterocycles. The van der Waals surface area contributed by atoms with Crippen molar-refractivity contribution in [1.82, 2.24) is 0 Å². The summed E-state index contributed by atoms with van der Waals surface area (Å²) in [7, 11) is 0. The zero-order valence-corrected chi connectivity index (χ0v) is 7.27. The quantitative estimate of drug-likeness (QED) is 0.514. The molecule has 3 aliphatic rings. The molecule has 0 bridgehead atoms. The summed E-state index contributed by atoms with van der Waals surface area (Å²) in [5, 5.41) is 0. The Hall–Kier alpha value is -0.370. The minimum Gasteiger partial charge on any atom is -0.354 e. The first-order valence-corrected chi connectivity index (χ1v) is 5.03. The van der Waals surface area contributed by atoms with Gasteiger partial charge in [-0.3, -0.25) is 4.79 Å². The van der Waals surface area contributed by atoms with Gasteiger partial charge >= 0.3 is 0 Å². The third-order valence-corrected chi connectivity index (χ3v) is 3.86. The van der Waals surface area contributed by atoms with Crippen molar-refractivity contribution < 1.29 is 9.53 Å². The Morgan fingerprint density at radius 3 is 2.67 bits per heavy atom. The van der Waals surface area contributed by atoms with Crippen molar-refractivity contribution in [2.24, 2.45) is 0 Å². The molecule has 2 nitrogen and oxygen atoms in total. The van der Waals surface area contributed by atoms with Crippen molar-refractivity contribution in [2.75, 3.05) is 0 Å². The minimum absolute atomic E-state index is 0.0422. The largest absolute Gasteiger partial charge is 0.354 e. The van der Waals surface area contributed by atoms with E-state index in [4.69, 9.17) is 4.74 Å². The highest BCUT2D eigenvalue weighted by atomic mass is 16.6. The molecule has 0 unspecified atom stereocenters.